The minimum absolute atomic E-state index is 0.0904. The second-order valence-electron chi connectivity index (χ2n) is 9.84. The van der Waals surface area contributed by atoms with Crippen molar-refractivity contribution in [1.29, 1.82) is 0 Å². The monoisotopic (exact) mass is 513 g/mol. The number of carbonyl (C=O) groups excluding carboxylic acids is 1. The number of amides is 1. The molecule has 1 saturated carbocycles. The molecule has 4 aromatic rings. The number of hydrogen-bond acceptors (Lipinski definition) is 7. The van der Waals surface area contributed by atoms with E-state index in [-0.39, 0.29) is 24.0 Å². The SMILES string of the molecule is CCC[C@H](NC)C(=O)NC1CCC(n2ncc3c(N)nc(-c4ccc(Oc5ccccc5)cc4)nc32)CC1. The van der Waals surface area contributed by atoms with E-state index in [1.54, 1.807) is 6.20 Å². The first kappa shape index (κ1) is 25.7. The van der Waals surface area contributed by atoms with Crippen LogP contribution in [-0.4, -0.2) is 44.8 Å². The smallest absolute Gasteiger partial charge is 0.237 e. The molecule has 0 aliphatic heterocycles. The lowest BCUT2D eigenvalue weighted by Crippen LogP contribution is -2.47. The molecule has 2 aromatic carbocycles. The maximum atomic E-state index is 12.6. The molecule has 1 atom stereocenters. The van der Waals surface area contributed by atoms with Crippen molar-refractivity contribution in [1.82, 2.24) is 30.4 Å². The van der Waals surface area contributed by atoms with Gasteiger partial charge in [-0.3, -0.25) is 4.79 Å². The summed E-state index contributed by atoms with van der Waals surface area (Å²) in [6.07, 6.45) is 7.17. The van der Waals surface area contributed by atoms with Gasteiger partial charge in [0, 0.05) is 11.6 Å². The van der Waals surface area contributed by atoms with E-state index >= 15 is 0 Å². The predicted molar refractivity (Wildman–Crippen MR) is 149 cm³/mol. The Morgan fingerprint density at radius 1 is 1.05 bits per heavy atom. The molecule has 0 saturated heterocycles. The van der Waals surface area contributed by atoms with Crippen molar-refractivity contribution < 1.29 is 9.53 Å². The number of fused-ring (bicyclic) bond motifs is 1. The number of nitrogens with two attached hydrogens (primary N) is 1. The van der Waals surface area contributed by atoms with Gasteiger partial charge in [0.15, 0.2) is 11.5 Å². The molecule has 0 radical (unpaired) electrons. The van der Waals surface area contributed by atoms with Crippen LogP contribution in [0.5, 0.6) is 11.5 Å². The predicted octanol–water partition coefficient (Wildman–Crippen LogP) is 4.86. The van der Waals surface area contributed by atoms with Crippen molar-refractivity contribution in [2.75, 3.05) is 12.8 Å². The van der Waals surface area contributed by atoms with Crippen LogP contribution in [0.4, 0.5) is 5.82 Å². The molecule has 0 spiro atoms. The topological polar surface area (TPSA) is 120 Å². The van der Waals surface area contributed by atoms with Crippen LogP contribution in [-0.2, 0) is 4.79 Å². The van der Waals surface area contributed by atoms with Crippen LogP contribution >= 0.6 is 0 Å². The van der Waals surface area contributed by atoms with Gasteiger partial charge in [0.25, 0.3) is 0 Å². The van der Waals surface area contributed by atoms with E-state index in [2.05, 4.69) is 27.6 Å². The average molecular weight is 514 g/mol. The number of hydrogen-bond donors (Lipinski definition) is 3. The summed E-state index contributed by atoms with van der Waals surface area (Å²) in [5.41, 5.74) is 7.92. The number of anilines is 1. The summed E-state index contributed by atoms with van der Waals surface area (Å²) < 4.78 is 7.89. The number of aromatic nitrogens is 4. The number of rotatable bonds is 9. The van der Waals surface area contributed by atoms with Crippen molar-refractivity contribution in [2.24, 2.45) is 0 Å². The van der Waals surface area contributed by atoms with E-state index in [9.17, 15) is 4.79 Å². The van der Waals surface area contributed by atoms with Crippen LogP contribution in [0.25, 0.3) is 22.4 Å². The lowest BCUT2D eigenvalue weighted by molar-refractivity contribution is -0.124. The average Bonchev–Trinajstić information content (AvgIpc) is 3.38. The first-order valence-electron chi connectivity index (χ1n) is 13.4. The van der Waals surface area contributed by atoms with Crippen LogP contribution in [0.15, 0.2) is 60.8 Å². The normalized spacial score (nSPS) is 18.3. The highest BCUT2D eigenvalue weighted by Crippen LogP contribution is 2.32. The highest BCUT2D eigenvalue weighted by Gasteiger charge is 2.27. The number of para-hydroxylation sites is 1. The second-order valence-corrected chi connectivity index (χ2v) is 9.84. The van der Waals surface area contributed by atoms with Gasteiger partial charge < -0.3 is 21.1 Å². The minimum Gasteiger partial charge on any atom is -0.457 e. The Morgan fingerprint density at radius 3 is 2.45 bits per heavy atom. The summed E-state index contributed by atoms with van der Waals surface area (Å²) >= 11 is 0. The first-order valence-corrected chi connectivity index (χ1v) is 13.4. The van der Waals surface area contributed by atoms with Crippen molar-refractivity contribution in [3.63, 3.8) is 0 Å². The molecule has 5 rings (SSSR count). The molecule has 2 aromatic heterocycles. The largest absolute Gasteiger partial charge is 0.457 e. The standard InChI is InChI=1S/C29H35N7O2/c1-3-7-25(31-2)29(37)33-20-12-14-21(15-13-20)36-28-24(18-32-36)26(30)34-27(35-28)19-10-16-23(17-11-19)38-22-8-5-4-6-9-22/h4-6,8-11,16-18,20-21,25,31H,3,7,12-15H2,1-2H3,(H,33,37)(H2,30,34,35)/t20?,21?,25-/m0/s1. The molecule has 0 bridgehead atoms. The molecule has 38 heavy (non-hydrogen) atoms. The highest BCUT2D eigenvalue weighted by atomic mass is 16.5. The fraction of sp³-hybridized carbons (Fsp3) is 0.379. The molecule has 4 N–H and O–H groups in total. The van der Waals surface area contributed by atoms with Gasteiger partial charge in [0.2, 0.25) is 5.91 Å². The van der Waals surface area contributed by atoms with Crippen LogP contribution in [0, 0.1) is 0 Å². The molecule has 0 unspecified atom stereocenters. The third kappa shape index (κ3) is 5.62. The van der Waals surface area contributed by atoms with Gasteiger partial charge in [-0.15, -0.1) is 0 Å². The molecule has 1 amide bonds. The number of nitrogen functional groups attached to an aromatic ring is 1. The molecular weight excluding hydrogens is 478 g/mol. The maximum absolute atomic E-state index is 12.6. The van der Waals surface area contributed by atoms with Crippen LogP contribution in [0.3, 0.4) is 0 Å². The fourth-order valence-electron chi connectivity index (χ4n) is 5.10. The summed E-state index contributed by atoms with van der Waals surface area (Å²) in [6, 6.07) is 17.6. The summed E-state index contributed by atoms with van der Waals surface area (Å²) in [5.74, 6) is 2.57. The Balaban J connectivity index is 1.29. The molecule has 9 heteroatoms. The highest BCUT2D eigenvalue weighted by molar-refractivity contribution is 5.87. The van der Waals surface area contributed by atoms with Crippen LogP contribution in [0.1, 0.15) is 51.5 Å². The van der Waals surface area contributed by atoms with Gasteiger partial charge in [0.1, 0.15) is 17.3 Å². The zero-order chi connectivity index (χ0) is 26.5. The fourth-order valence-corrected chi connectivity index (χ4v) is 5.10. The van der Waals surface area contributed by atoms with E-state index < -0.39 is 0 Å². The number of ether oxygens (including phenoxy) is 1. The summed E-state index contributed by atoms with van der Waals surface area (Å²) in [4.78, 5) is 22.0. The first-order chi connectivity index (χ1) is 18.6. The summed E-state index contributed by atoms with van der Waals surface area (Å²) in [7, 11) is 1.84. The zero-order valence-corrected chi connectivity index (χ0v) is 21.9. The third-order valence-electron chi connectivity index (χ3n) is 7.21. The maximum Gasteiger partial charge on any atom is 0.237 e. The zero-order valence-electron chi connectivity index (χ0n) is 21.9. The van der Waals surface area contributed by atoms with Gasteiger partial charge >= 0.3 is 0 Å². The van der Waals surface area contributed by atoms with E-state index in [0.717, 1.165) is 66.6 Å². The van der Waals surface area contributed by atoms with Gasteiger partial charge in [-0.2, -0.15) is 5.10 Å². The van der Waals surface area contributed by atoms with Crippen LogP contribution < -0.4 is 21.1 Å². The van der Waals surface area contributed by atoms with Gasteiger partial charge in [-0.1, -0.05) is 31.5 Å². The molecular formula is C29H35N7O2. The minimum atomic E-state index is -0.134. The molecule has 1 aliphatic carbocycles. The Labute approximate surface area is 222 Å². The van der Waals surface area contributed by atoms with Crippen molar-refractivity contribution in [2.45, 2.75) is 63.6 Å². The number of likely N-dealkylation sites (N-methyl/N-ethyl adjacent to an activating group) is 1. The van der Waals surface area contributed by atoms with Crippen LogP contribution in [0.2, 0.25) is 0 Å². The van der Waals surface area contributed by atoms with Gasteiger partial charge in [-0.25, -0.2) is 14.6 Å². The Morgan fingerprint density at radius 2 is 1.76 bits per heavy atom. The van der Waals surface area contributed by atoms with Gasteiger partial charge in [-0.05, 0) is 75.5 Å². The Hall–Kier alpha value is -3.98. The molecule has 2 heterocycles. The number of benzene rings is 2. The van der Waals surface area contributed by atoms with E-state index in [0.29, 0.717) is 11.6 Å². The summed E-state index contributed by atoms with van der Waals surface area (Å²) in [5, 5.41) is 11.8. The Bertz CT molecular complexity index is 1360. The Kier molecular flexibility index (Phi) is 7.83. The van der Waals surface area contributed by atoms with E-state index in [1.807, 2.05) is 66.3 Å². The lowest BCUT2D eigenvalue weighted by atomic mass is 9.91. The number of nitrogens with one attached hydrogen (secondary N) is 2. The lowest BCUT2D eigenvalue weighted by Gasteiger charge is -2.30. The third-order valence-corrected chi connectivity index (χ3v) is 7.21. The quantitative estimate of drug-likeness (QED) is 0.292. The summed E-state index contributed by atoms with van der Waals surface area (Å²) in [6.45, 7) is 2.09. The number of carbonyl (C=O) groups is 1. The molecule has 9 nitrogen and oxygen atoms in total. The van der Waals surface area contributed by atoms with Crippen molar-refractivity contribution in [3.8, 4) is 22.9 Å². The molecule has 1 aliphatic rings. The second kappa shape index (κ2) is 11.6. The van der Waals surface area contributed by atoms with Crippen molar-refractivity contribution in [3.05, 3.63) is 60.8 Å². The molecule has 198 valence electrons. The van der Waals surface area contributed by atoms with Crippen molar-refractivity contribution >= 4 is 22.8 Å². The van der Waals surface area contributed by atoms with Gasteiger partial charge in [0.05, 0.1) is 23.7 Å². The molecule has 1 fully saturated rings. The van der Waals surface area contributed by atoms with E-state index in [4.69, 9.17) is 15.5 Å². The number of nitrogens with zero attached hydrogens (tertiary/aromatic N) is 4. The van der Waals surface area contributed by atoms with E-state index in [1.165, 1.54) is 0 Å².